The first-order chi connectivity index (χ1) is 25.0. The van der Waals surface area contributed by atoms with Crippen molar-refractivity contribution >= 4 is 53.8 Å². The fourth-order valence-electron chi connectivity index (χ4n) is 3.88. The number of carboxylic acid groups (broad SMARTS) is 6. The first-order valence-electron chi connectivity index (χ1n) is 16.7. The summed E-state index contributed by atoms with van der Waals surface area (Å²) in [4.78, 5) is 96.6. The molecule has 10 N–H and O–H groups in total. The fourth-order valence-corrected chi connectivity index (χ4v) is 3.88. The number of nitrogens with zero attached hydrogens (tertiary/aromatic N) is 1. The third-order valence-corrected chi connectivity index (χ3v) is 6.41. The molecule has 0 aliphatic carbocycles. The molecule has 0 fully saturated rings. The number of urea groups is 2. The summed E-state index contributed by atoms with van der Waals surface area (Å²) < 4.78 is 0. The second-order valence-corrected chi connectivity index (χ2v) is 11.1. The molecule has 20 heteroatoms. The zero-order valence-electron chi connectivity index (χ0n) is 29.4. The lowest BCUT2D eigenvalue weighted by atomic mass is 10.2. The van der Waals surface area contributed by atoms with Gasteiger partial charge in [-0.3, -0.25) is 33.6 Å². The van der Waals surface area contributed by atoms with Gasteiger partial charge in [0.15, 0.2) is 0 Å². The van der Waals surface area contributed by atoms with Gasteiger partial charge in [0.05, 0.1) is 6.42 Å². The van der Waals surface area contributed by atoms with Gasteiger partial charge in [-0.25, -0.2) is 9.59 Å². The Balaban J connectivity index is 0. The van der Waals surface area contributed by atoms with Crippen LogP contribution in [0.2, 0.25) is 0 Å². The van der Waals surface area contributed by atoms with E-state index in [0.29, 0.717) is 57.4 Å². The second kappa shape index (κ2) is 32.0. The Morgan fingerprint density at radius 2 is 0.830 bits per heavy atom. The molecule has 0 aromatic heterocycles. The molecule has 1 aromatic carbocycles. The van der Waals surface area contributed by atoms with E-state index in [1.54, 1.807) is 30.3 Å². The predicted molar refractivity (Wildman–Crippen MR) is 186 cm³/mol. The Bertz CT molecular complexity index is 1240. The molecular formula is C33H51N5O15. The van der Waals surface area contributed by atoms with Crippen molar-refractivity contribution in [1.29, 1.82) is 0 Å². The highest BCUT2D eigenvalue weighted by atomic mass is 16.4. The van der Waals surface area contributed by atoms with Crippen LogP contribution < -0.4 is 21.3 Å². The third kappa shape index (κ3) is 35.7. The lowest BCUT2D eigenvalue weighted by Crippen LogP contribution is -2.37. The Labute approximate surface area is 305 Å². The van der Waals surface area contributed by atoms with Gasteiger partial charge in [0.25, 0.3) is 5.91 Å². The van der Waals surface area contributed by atoms with E-state index in [4.69, 9.17) is 30.6 Å². The van der Waals surface area contributed by atoms with E-state index in [1.807, 2.05) is 0 Å². The number of unbranched alkanes of at least 4 members (excludes halogenated alkanes) is 5. The Hall–Kier alpha value is -5.95. The van der Waals surface area contributed by atoms with E-state index in [0.717, 1.165) is 30.6 Å². The van der Waals surface area contributed by atoms with Gasteiger partial charge >= 0.3 is 47.9 Å². The summed E-state index contributed by atoms with van der Waals surface area (Å²) in [6.07, 6.45) is 5.11. The van der Waals surface area contributed by atoms with Gasteiger partial charge in [-0.05, 0) is 50.7 Å². The van der Waals surface area contributed by atoms with Crippen molar-refractivity contribution in [2.75, 3.05) is 39.3 Å². The monoisotopic (exact) mass is 757 g/mol. The van der Waals surface area contributed by atoms with Crippen LogP contribution in [0.3, 0.4) is 0 Å². The molecule has 0 aliphatic rings. The summed E-state index contributed by atoms with van der Waals surface area (Å²) in [5, 5.41) is 60.5. The van der Waals surface area contributed by atoms with E-state index in [2.05, 4.69) is 21.3 Å². The molecule has 0 aliphatic heterocycles. The maximum atomic E-state index is 12.0. The standard InChI is InChI=1S/C18H34N4O6.C12H13NO5.C3H4O4/c23-15(24)9-3-7-13-21-17(27)19-11-5-1-2-6-12-20-18(28)22-14-8-4-10-16(25)26;14-10(15)6-7-13(8-11(16)17)12(18)9-4-2-1-3-5-9;4-2(5)1-3(6)7/h1-14H2,(H,23,24)(H,25,26)(H2,19,21,27)(H2,20,22,28);1-5H,6-8H2,(H,14,15)(H,16,17);1H2,(H,4,5)(H,6,7). The van der Waals surface area contributed by atoms with Crippen LogP contribution in [0.4, 0.5) is 9.59 Å². The largest absolute Gasteiger partial charge is 0.481 e. The number of hydrogen-bond donors (Lipinski definition) is 10. The van der Waals surface area contributed by atoms with E-state index in [1.165, 1.54) is 0 Å². The minimum absolute atomic E-state index is 0.118. The van der Waals surface area contributed by atoms with Gasteiger partial charge < -0.3 is 56.8 Å². The predicted octanol–water partition coefficient (Wildman–Crippen LogP) is 1.89. The summed E-state index contributed by atoms with van der Waals surface area (Å²) in [5.41, 5.74) is 0.337. The molecule has 0 unspecified atom stereocenters. The van der Waals surface area contributed by atoms with Gasteiger partial charge in [-0.2, -0.15) is 0 Å². The average Bonchev–Trinajstić information content (AvgIpc) is 3.07. The van der Waals surface area contributed by atoms with E-state index >= 15 is 0 Å². The fraction of sp³-hybridized carbons (Fsp3) is 0.545. The molecule has 1 aromatic rings. The molecule has 5 amide bonds. The molecule has 0 bridgehead atoms. The Kier molecular flexibility index (Phi) is 29.7. The molecule has 298 valence electrons. The molecule has 0 saturated carbocycles. The lowest BCUT2D eigenvalue weighted by molar-refractivity contribution is -0.147. The zero-order valence-corrected chi connectivity index (χ0v) is 29.4. The minimum atomic E-state index is -1.31. The van der Waals surface area contributed by atoms with Gasteiger partial charge in [0, 0.05) is 51.1 Å². The SMILES string of the molecule is O=C(O)CC(=O)O.O=C(O)CCCCNC(=O)NCCCCCCNC(=O)NCCCCC(=O)O.O=C(O)CCN(CC(=O)O)C(=O)c1ccccc1. The van der Waals surface area contributed by atoms with Crippen LogP contribution in [0.5, 0.6) is 0 Å². The maximum absolute atomic E-state index is 12.0. The molecule has 20 nitrogen and oxygen atoms in total. The molecule has 0 atom stereocenters. The highest BCUT2D eigenvalue weighted by Gasteiger charge is 2.19. The van der Waals surface area contributed by atoms with Crippen LogP contribution in [-0.2, 0) is 28.8 Å². The van der Waals surface area contributed by atoms with E-state index in [-0.39, 0.29) is 37.9 Å². The van der Waals surface area contributed by atoms with E-state index in [9.17, 15) is 43.2 Å². The van der Waals surface area contributed by atoms with Crippen LogP contribution in [0.25, 0.3) is 0 Å². The number of amides is 5. The number of aliphatic carboxylic acids is 6. The normalized spacial score (nSPS) is 9.74. The molecule has 0 heterocycles. The number of rotatable bonds is 25. The van der Waals surface area contributed by atoms with Crippen LogP contribution in [0.1, 0.15) is 87.4 Å². The topological polar surface area (TPSA) is 326 Å². The number of carboxylic acids is 6. The van der Waals surface area contributed by atoms with Crippen molar-refractivity contribution in [1.82, 2.24) is 26.2 Å². The molecule has 0 radical (unpaired) electrons. The van der Waals surface area contributed by atoms with Gasteiger partial charge in [0.2, 0.25) is 0 Å². The van der Waals surface area contributed by atoms with Crippen LogP contribution in [0, 0.1) is 0 Å². The maximum Gasteiger partial charge on any atom is 0.323 e. The first-order valence-corrected chi connectivity index (χ1v) is 16.7. The summed E-state index contributed by atoms with van der Waals surface area (Å²) in [5.74, 6) is -7.02. The van der Waals surface area contributed by atoms with Crippen molar-refractivity contribution in [3.8, 4) is 0 Å². The lowest BCUT2D eigenvalue weighted by Gasteiger charge is -2.19. The van der Waals surface area contributed by atoms with E-state index < -0.39 is 54.7 Å². The Morgan fingerprint density at radius 3 is 1.15 bits per heavy atom. The summed E-state index contributed by atoms with van der Waals surface area (Å²) in [7, 11) is 0. The average molecular weight is 758 g/mol. The van der Waals surface area contributed by atoms with Crippen molar-refractivity contribution in [3.05, 3.63) is 35.9 Å². The number of benzene rings is 1. The van der Waals surface area contributed by atoms with Gasteiger partial charge in [0.1, 0.15) is 13.0 Å². The van der Waals surface area contributed by atoms with Crippen LogP contribution in [0.15, 0.2) is 30.3 Å². The minimum Gasteiger partial charge on any atom is -0.481 e. The summed E-state index contributed by atoms with van der Waals surface area (Å²) in [6.45, 7) is 1.44. The summed E-state index contributed by atoms with van der Waals surface area (Å²) >= 11 is 0. The number of hydrogen-bond acceptors (Lipinski definition) is 9. The smallest absolute Gasteiger partial charge is 0.323 e. The van der Waals surface area contributed by atoms with Gasteiger partial charge in [-0.1, -0.05) is 31.0 Å². The molecule has 1 rings (SSSR count). The van der Waals surface area contributed by atoms with Crippen LogP contribution >= 0.6 is 0 Å². The summed E-state index contributed by atoms with van der Waals surface area (Å²) in [6, 6.07) is 7.67. The van der Waals surface area contributed by atoms with Crippen molar-refractivity contribution in [3.63, 3.8) is 0 Å². The zero-order chi connectivity index (χ0) is 40.4. The quantitative estimate of drug-likeness (QED) is 0.0503. The molecular weight excluding hydrogens is 706 g/mol. The van der Waals surface area contributed by atoms with Crippen molar-refractivity contribution in [2.24, 2.45) is 0 Å². The van der Waals surface area contributed by atoms with Crippen LogP contribution in [-0.4, -0.2) is 129 Å². The van der Waals surface area contributed by atoms with Gasteiger partial charge in [-0.15, -0.1) is 0 Å². The second-order valence-electron chi connectivity index (χ2n) is 11.1. The number of nitrogens with one attached hydrogen (secondary N) is 4. The highest BCUT2D eigenvalue weighted by molar-refractivity contribution is 5.96. The molecule has 0 saturated heterocycles. The Morgan fingerprint density at radius 1 is 0.453 bits per heavy atom. The molecule has 0 spiro atoms. The number of carbonyl (C=O) groups excluding carboxylic acids is 3. The first kappa shape index (κ1) is 49.2. The highest BCUT2D eigenvalue weighted by Crippen LogP contribution is 2.05. The third-order valence-electron chi connectivity index (χ3n) is 6.41. The van der Waals surface area contributed by atoms with Crippen molar-refractivity contribution in [2.45, 2.75) is 77.0 Å². The van der Waals surface area contributed by atoms with Crippen molar-refractivity contribution < 1.29 is 73.8 Å². The number of carbonyl (C=O) groups is 9. The molecule has 53 heavy (non-hydrogen) atoms.